The predicted molar refractivity (Wildman–Crippen MR) is 97.9 cm³/mol. The molecule has 0 aliphatic carbocycles. The van der Waals surface area contributed by atoms with Crippen LogP contribution in [0.15, 0.2) is 72.8 Å². The van der Waals surface area contributed by atoms with E-state index in [2.05, 4.69) is 0 Å². The number of ketones is 1. The van der Waals surface area contributed by atoms with E-state index in [1.54, 1.807) is 43.5 Å². The molecule has 3 aromatic rings. The van der Waals surface area contributed by atoms with Crippen molar-refractivity contribution in [3.05, 3.63) is 89.5 Å². The normalized spacial score (nSPS) is 11.3. The molecule has 3 aromatic carbocycles. The minimum absolute atomic E-state index is 0.0722. The smallest absolute Gasteiger partial charge is 0.416 e. The van der Waals surface area contributed by atoms with Gasteiger partial charge in [-0.05, 0) is 53.1 Å². The molecule has 0 aromatic heterocycles. The lowest BCUT2D eigenvalue weighted by molar-refractivity contribution is -0.137. The van der Waals surface area contributed by atoms with Crippen molar-refractivity contribution < 1.29 is 22.7 Å². The summed E-state index contributed by atoms with van der Waals surface area (Å²) in [4.78, 5) is 12.6. The Balaban J connectivity index is 1.86. The van der Waals surface area contributed by atoms with Gasteiger partial charge in [-0.25, -0.2) is 0 Å². The number of hydrogen-bond acceptors (Lipinski definition) is 2. The zero-order valence-corrected chi connectivity index (χ0v) is 14.6. The lowest BCUT2D eigenvalue weighted by atomic mass is 9.94. The molecular formula is C22H17F3O2. The van der Waals surface area contributed by atoms with Gasteiger partial charge >= 0.3 is 6.18 Å². The molecule has 0 spiro atoms. The van der Waals surface area contributed by atoms with Crippen LogP contribution in [0.3, 0.4) is 0 Å². The van der Waals surface area contributed by atoms with Crippen LogP contribution in [-0.4, -0.2) is 12.9 Å². The minimum atomic E-state index is -4.37. The summed E-state index contributed by atoms with van der Waals surface area (Å²) in [5.41, 5.74) is 2.00. The molecule has 0 saturated carbocycles. The van der Waals surface area contributed by atoms with E-state index in [0.717, 1.165) is 23.3 Å². The Bertz CT molecular complexity index is 927. The monoisotopic (exact) mass is 370 g/mol. The van der Waals surface area contributed by atoms with Gasteiger partial charge in [0.05, 0.1) is 12.7 Å². The molecule has 0 aliphatic heterocycles. The number of carbonyl (C=O) groups is 1. The summed E-state index contributed by atoms with van der Waals surface area (Å²) in [6.07, 6.45) is -4.22. The number of halogens is 3. The highest BCUT2D eigenvalue weighted by atomic mass is 19.4. The number of ether oxygens (including phenoxy) is 1. The standard InChI is InChI=1S/C22H17F3O2/c1-27-19-12-8-16(9-13-19)21(26)14-17-4-2-3-5-20(17)15-6-10-18(11-7-15)22(23,24)25/h2-13H,14H2,1H3. The van der Waals surface area contributed by atoms with E-state index >= 15 is 0 Å². The topological polar surface area (TPSA) is 26.3 Å². The Morgan fingerprint density at radius 3 is 2.11 bits per heavy atom. The molecule has 0 saturated heterocycles. The maximum absolute atomic E-state index is 12.8. The Morgan fingerprint density at radius 2 is 1.52 bits per heavy atom. The Kier molecular flexibility index (Phi) is 5.31. The Hall–Kier alpha value is -3.08. The summed E-state index contributed by atoms with van der Waals surface area (Å²) in [5.74, 6) is 0.591. The molecule has 27 heavy (non-hydrogen) atoms. The Labute approximate surface area is 155 Å². The van der Waals surface area contributed by atoms with Gasteiger partial charge in [0.25, 0.3) is 0 Å². The number of Topliss-reactive ketones (excluding diaryl/α,β-unsaturated/α-hetero) is 1. The van der Waals surface area contributed by atoms with Crippen LogP contribution in [0.2, 0.25) is 0 Å². The van der Waals surface area contributed by atoms with Crippen LogP contribution in [0.5, 0.6) is 5.75 Å². The molecule has 0 unspecified atom stereocenters. The van der Waals surface area contributed by atoms with Crippen LogP contribution in [0.25, 0.3) is 11.1 Å². The molecule has 0 fully saturated rings. The maximum Gasteiger partial charge on any atom is 0.416 e. The van der Waals surface area contributed by atoms with Crippen LogP contribution >= 0.6 is 0 Å². The molecule has 0 heterocycles. The fraction of sp³-hybridized carbons (Fsp3) is 0.136. The highest BCUT2D eigenvalue weighted by molar-refractivity contribution is 5.98. The van der Waals surface area contributed by atoms with Gasteiger partial charge in [0, 0.05) is 12.0 Å². The van der Waals surface area contributed by atoms with Crippen LogP contribution in [0.1, 0.15) is 21.5 Å². The Morgan fingerprint density at radius 1 is 0.889 bits per heavy atom. The van der Waals surface area contributed by atoms with E-state index in [1.165, 1.54) is 12.1 Å². The van der Waals surface area contributed by atoms with Crippen molar-refractivity contribution in [1.82, 2.24) is 0 Å². The predicted octanol–water partition coefficient (Wildman–Crippen LogP) is 5.81. The van der Waals surface area contributed by atoms with Crippen LogP contribution in [-0.2, 0) is 12.6 Å². The SMILES string of the molecule is COc1ccc(C(=O)Cc2ccccc2-c2ccc(C(F)(F)F)cc2)cc1. The first-order chi connectivity index (χ1) is 12.9. The van der Waals surface area contributed by atoms with Gasteiger partial charge in [0.2, 0.25) is 0 Å². The lowest BCUT2D eigenvalue weighted by Crippen LogP contribution is -2.05. The van der Waals surface area contributed by atoms with Crippen molar-refractivity contribution in [2.45, 2.75) is 12.6 Å². The third-order valence-electron chi connectivity index (χ3n) is 4.30. The molecule has 138 valence electrons. The molecule has 3 rings (SSSR count). The largest absolute Gasteiger partial charge is 0.497 e. The highest BCUT2D eigenvalue weighted by Gasteiger charge is 2.30. The first-order valence-electron chi connectivity index (χ1n) is 8.31. The van der Waals surface area contributed by atoms with Gasteiger partial charge in [-0.1, -0.05) is 36.4 Å². The molecular weight excluding hydrogens is 353 g/mol. The van der Waals surface area contributed by atoms with E-state index in [0.29, 0.717) is 16.9 Å². The van der Waals surface area contributed by atoms with Gasteiger partial charge in [-0.2, -0.15) is 13.2 Å². The molecule has 0 aliphatic rings. The zero-order chi connectivity index (χ0) is 19.4. The average Bonchev–Trinajstić information content (AvgIpc) is 2.68. The van der Waals surface area contributed by atoms with Crippen molar-refractivity contribution in [3.8, 4) is 16.9 Å². The number of hydrogen-bond donors (Lipinski definition) is 0. The van der Waals surface area contributed by atoms with E-state index in [1.807, 2.05) is 12.1 Å². The average molecular weight is 370 g/mol. The number of benzene rings is 3. The summed E-state index contributed by atoms with van der Waals surface area (Å²) in [7, 11) is 1.55. The second-order valence-electron chi connectivity index (χ2n) is 6.06. The summed E-state index contributed by atoms with van der Waals surface area (Å²) in [6, 6.07) is 19.0. The molecule has 0 bridgehead atoms. The van der Waals surface area contributed by atoms with Crippen LogP contribution in [0, 0.1) is 0 Å². The molecule has 0 radical (unpaired) electrons. The molecule has 0 N–H and O–H groups in total. The quantitative estimate of drug-likeness (QED) is 0.530. The first-order valence-corrected chi connectivity index (χ1v) is 8.31. The summed E-state index contributed by atoms with van der Waals surface area (Å²) in [6.45, 7) is 0. The fourth-order valence-corrected chi connectivity index (χ4v) is 2.85. The van der Waals surface area contributed by atoms with E-state index in [-0.39, 0.29) is 12.2 Å². The number of carbonyl (C=O) groups excluding carboxylic acids is 1. The maximum atomic E-state index is 12.8. The van der Waals surface area contributed by atoms with Crippen LogP contribution < -0.4 is 4.74 Å². The van der Waals surface area contributed by atoms with Gasteiger partial charge in [-0.15, -0.1) is 0 Å². The summed E-state index contributed by atoms with van der Waals surface area (Å²) >= 11 is 0. The summed E-state index contributed by atoms with van der Waals surface area (Å²) in [5, 5.41) is 0. The van der Waals surface area contributed by atoms with E-state index in [9.17, 15) is 18.0 Å². The zero-order valence-electron chi connectivity index (χ0n) is 14.6. The molecule has 0 atom stereocenters. The third kappa shape index (κ3) is 4.37. The third-order valence-corrected chi connectivity index (χ3v) is 4.30. The number of rotatable bonds is 5. The summed E-state index contributed by atoms with van der Waals surface area (Å²) < 4.78 is 43.4. The van der Waals surface area contributed by atoms with E-state index < -0.39 is 11.7 Å². The molecule has 2 nitrogen and oxygen atoms in total. The fourth-order valence-electron chi connectivity index (χ4n) is 2.85. The first kappa shape index (κ1) is 18.7. The van der Waals surface area contributed by atoms with Gasteiger partial charge in [-0.3, -0.25) is 4.79 Å². The second-order valence-corrected chi connectivity index (χ2v) is 6.06. The van der Waals surface area contributed by atoms with Crippen molar-refractivity contribution in [2.75, 3.05) is 7.11 Å². The van der Waals surface area contributed by atoms with E-state index in [4.69, 9.17) is 4.74 Å². The van der Waals surface area contributed by atoms with Crippen molar-refractivity contribution in [3.63, 3.8) is 0 Å². The van der Waals surface area contributed by atoms with Crippen molar-refractivity contribution in [1.29, 1.82) is 0 Å². The highest BCUT2D eigenvalue weighted by Crippen LogP contribution is 2.32. The van der Waals surface area contributed by atoms with Crippen LogP contribution in [0.4, 0.5) is 13.2 Å². The molecule has 5 heteroatoms. The number of alkyl halides is 3. The second kappa shape index (κ2) is 7.66. The molecule has 0 amide bonds. The minimum Gasteiger partial charge on any atom is -0.497 e. The van der Waals surface area contributed by atoms with Gasteiger partial charge in [0.15, 0.2) is 5.78 Å². The lowest BCUT2D eigenvalue weighted by Gasteiger charge is -2.11. The van der Waals surface area contributed by atoms with Crippen molar-refractivity contribution >= 4 is 5.78 Å². The number of methoxy groups -OCH3 is 1. The van der Waals surface area contributed by atoms with Gasteiger partial charge in [0.1, 0.15) is 5.75 Å². The van der Waals surface area contributed by atoms with Crippen molar-refractivity contribution in [2.24, 2.45) is 0 Å². The van der Waals surface area contributed by atoms with Gasteiger partial charge < -0.3 is 4.74 Å².